The van der Waals surface area contributed by atoms with Crippen molar-refractivity contribution in [3.8, 4) is 11.5 Å². The van der Waals surface area contributed by atoms with E-state index >= 15 is 0 Å². The van der Waals surface area contributed by atoms with E-state index in [0.717, 1.165) is 56.9 Å². The number of nitrogens with zero attached hydrogens (tertiary/aromatic N) is 2. The minimum Gasteiger partial charge on any atom is -0.481 e. The Morgan fingerprint density at radius 2 is 1.68 bits per heavy atom. The number of aromatic nitrogens is 2. The highest BCUT2D eigenvalue weighted by Gasteiger charge is 2.70. The number of carbonyl (C=O) groups excluding carboxylic acids is 2. The van der Waals surface area contributed by atoms with Crippen LogP contribution in [-0.2, 0) is 25.5 Å². The van der Waals surface area contributed by atoms with Gasteiger partial charge in [0.2, 0.25) is 5.89 Å². The summed E-state index contributed by atoms with van der Waals surface area (Å²) >= 11 is 0. The molecule has 0 aliphatic heterocycles. The quantitative estimate of drug-likeness (QED) is 0.267. The van der Waals surface area contributed by atoms with Crippen molar-refractivity contribution in [2.45, 2.75) is 139 Å². The number of carbonyl (C=O) groups is 3. The number of carboxylic acid groups (broad SMARTS) is 1. The van der Waals surface area contributed by atoms with Crippen LogP contribution in [0, 0.1) is 62.0 Å². The summed E-state index contributed by atoms with van der Waals surface area (Å²) in [5, 5.41) is 18.3. The van der Waals surface area contributed by atoms with Gasteiger partial charge in [-0.1, -0.05) is 66.2 Å². The number of Topliss-reactive ketones (excluding diaryl/α,β-unsaturated/α-hetero) is 1. The number of carboxylic acids is 1. The Bertz CT molecular complexity index is 1860. The van der Waals surface area contributed by atoms with E-state index in [0.29, 0.717) is 30.6 Å². The Labute approximate surface area is 314 Å². The van der Waals surface area contributed by atoms with Crippen LogP contribution in [-0.4, -0.2) is 39.1 Å². The number of hydrogen-bond acceptors (Lipinski definition) is 7. The first-order valence-corrected chi connectivity index (χ1v) is 20.0. The lowest BCUT2D eigenvalue weighted by Crippen LogP contribution is -2.65. The lowest BCUT2D eigenvalue weighted by Gasteiger charge is -2.72. The zero-order valence-electron chi connectivity index (χ0n) is 33.2. The highest BCUT2D eigenvalue weighted by Crippen LogP contribution is 2.77. The first kappa shape index (κ1) is 37.9. The van der Waals surface area contributed by atoms with Crippen molar-refractivity contribution in [3.63, 3.8) is 0 Å². The predicted octanol–water partition coefficient (Wildman–Crippen LogP) is 9.81. The normalized spacial score (nSPS) is 36.4. The second kappa shape index (κ2) is 12.6. The fraction of sp³-hybridized carbons (Fsp3) is 0.705. The summed E-state index contributed by atoms with van der Waals surface area (Å²) in [6, 6.07) is 6.44. The molecule has 0 bridgehead atoms. The molecule has 5 aliphatic rings. The molecule has 5 aliphatic carbocycles. The molecule has 1 heterocycles. The molecule has 288 valence electrons. The van der Waals surface area contributed by atoms with Crippen LogP contribution < -0.4 is 0 Å². The number of benzene rings is 1. The van der Waals surface area contributed by atoms with Gasteiger partial charge in [-0.25, -0.2) is 4.39 Å². The number of hydrogen-bond donors (Lipinski definition) is 1. The zero-order valence-corrected chi connectivity index (χ0v) is 33.2. The Kier molecular flexibility index (Phi) is 9.01. The van der Waals surface area contributed by atoms with E-state index in [2.05, 4.69) is 58.7 Å². The Morgan fingerprint density at radius 1 is 0.962 bits per heavy atom. The van der Waals surface area contributed by atoms with Crippen LogP contribution in [0.4, 0.5) is 4.39 Å². The maximum absolute atomic E-state index is 14.7. The molecule has 0 spiro atoms. The van der Waals surface area contributed by atoms with Crippen LogP contribution in [0.5, 0.6) is 0 Å². The molecule has 53 heavy (non-hydrogen) atoms. The van der Waals surface area contributed by atoms with Crippen LogP contribution in [0.1, 0.15) is 132 Å². The Morgan fingerprint density at radius 3 is 2.36 bits per heavy atom. The molecule has 8 nitrogen and oxygen atoms in total. The first-order chi connectivity index (χ1) is 24.7. The summed E-state index contributed by atoms with van der Waals surface area (Å²) < 4.78 is 27.0. The first-order valence-electron chi connectivity index (χ1n) is 20.0. The van der Waals surface area contributed by atoms with Crippen molar-refractivity contribution in [1.82, 2.24) is 10.2 Å². The highest BCUT2D eigenvalue weighted by atomic mass is 19.1. The van der Waals surface area contributed by atoms with Crippen molar-refractivity contribution in [3.05, 3.63) is 47.1 Å². The van der Waals surface area contributed by atoms with E-state index in [1.165, 1.54) is 11.6 Å². The average molecular weight is 731 g/mol. The fourth-order valence-corrected chi connectivity index (χ4v) is 13.1. The Hall–Kier alpha value is -3.36. The zero-order chi connectivity index (χ0) is 38.5. The van der Waals surface area contributed by atoms with E-state index in [1.807, 2.05) is 0 Å². The summed E-state index contributed by atoms with van der Waals surface area (Å²) in [5.41, 5.74) is 0.891. The van der Waals surface area contributed by atoms with Crippen molar-refractivity contribution in [2.24, 2.45) is 56.2 Å². The van der Waals surface area contributed by atoms with E-state index in [1.54, 1.807) is 32.0 Å². The smallest absolute Gasteiger partial charge is 0.309 e. The number of ketones is 1. The number of esters is 1. The molecule has 4 saturated carbocycles. The van der Waals surface area contributed by atoms with E-state index in [4.69, 9.17) is 9.15 Å². The van der Waals surface area contributed by atoms with Gasteiger partial charge in [-0.15, -0.1) is 10.2 Å². The summed E-state index contributed by atoms with van der Waals surface area (Å²) in [5.74, 6) is 0.250. The lowest BCUT2D eigenvalue weighted by atomic mass is 9.33. The summed E-state index contributed by atoms with van der Waals surface area (Å²) in [6.45, 7) is 19.6. The molecule has 0 unspecified atom stereocenters. The van der Waals surface area contributed by atoms with Gasteiger partial charge in [0.05, 0.1) is 17.4 Å². The second-order valence-electron chi connectivity index (χ2n) is 19.8. The minimum atomic E-state index is -1.17. The molecule has 1 N–H and O–H groups in total. The van der Waals surface area contributed by atoms with Gasteiger partial charge in [-0.2, -0.15) is 0 Å². The molecule has 1 aromatic carbocycles. The highest BCUT2D eigenvalue weighted by molar-refractivity contribution is 6.00. The molecular formula is C44H59FN2O6. The maximum atomic E-state index is 14.7. The molecule has 7 rings (SSSR count). The molecule has 2 aromatic rings. The second-order valence-corrected chi connectivity index (χ2v) is 19.8. The van der Waals surface area contributed by atoms with Gasteiger partial charge in [-0.3, -0.25) is 14.4 Å². The van der Waals surface area contributed by atoms with Crippen molar-refractivity contribution in [2.75, 3.05) is 0 Å². The van der Waals surface area contributed by atoms with Gasteiger partial charge < -0.3 is 14.3 Å². The van der Waals surface area contributed by atoms with Crippen LogP contribution >= 0.6 is 0 Å². The molecule has 1 aromatic heterocycles. The standard InChI is InChI=1S/C44H59FN2O6/c1-25(2)35-29(48)22-44(23-33-46-47-37(53-33)26-12-10-11-13-28(26)45)21-20-42(8)27(36(35)44)14-15-31-41(7)18-17-32(52-34(49)24-39(3,4)38(50)51)40(5,6)30(41)16-19-43(31,42)9/h10-13,25,27,30-32H,14-24H2,1-9H3,(H,50,51)/t27-,30+,31-,32+,41+,42-,43-,44+/m1/s1. The molecule has 0 radical (unpaired) electrons. The Balaban J connectivity index is 1.18. The van der Waals surface area contributed by atoms with Crippen LogP contribution in [0.3, 0.4) is 0 Å². The molecule has 0 saturated heterocycles. The third-order valence-electron chi connectivity index (χ3n) is 16.0. The SMILES string of the molecule is CC(C)C1=C2[C@H]3CC[C@@H]4[C@@]5(C)CC[C@H](OC(=O)CC(C)(C)C(=O)O)C(C)(C)[C@@H]5CC[C@@]4(C)[C@]3(C)CC[C@@]2(Cc2nnc(-c3ccccc3F)o2)CC1=O. The predicted molar refractivity (Wildman–Crippen MR) is 199 cm³/mol. The van der Waals surface area contributed by atoms with Gasteiger partial charge in [0.1, 0.15) is 11.9 Å². The number of fused-ring (bicyclic) bond motifs is 7. The van der Waals surface area contributed by atoms with Crippen LogP contribution in [0.15, 0.2) is 39.8 Å². The fourth-order valence-electron chi connectivity index (χ4n) is 13.1. The third-order valence-corrected chi connectivity index (χ3v) is 16.0. The summed E-state index contributed by atoms with van der Waals surface area (Å²) in [6.07, 6.45) is 8.35. The van der Waals surface area contributed by atoms with Gasteiger partial charge >= 0.3 is 11.9 Å². The average Bonchev–Trinajstić information content (AvgIpc) is 3.64. The lowest BCUT2D eigenvalue weighted by molar-refractivity contribution is -0.233. The van der Waals surface area contributed by atoms with Gasteiger partial charge in [0.25, 0.3) is 5.89 Å². The van der Waals surface area contributed by atoms with Gasteiger partial charge in [0, 0.05) is 23.7 Å². The molecular weight excluding hydrogens is 671 g/mol. The number of rotatable bonds is 8. The van der Waals surface area contributed by atoms with E-state index < -0.39 is 23.2 Å². The molecule has 0 amide bonds. The van der Waals surface area contributed by atoms with Crippen molar-refractivity contribution >= 4 is 17.7 Å². The summed E-state index contributed by atoms with van der Waals surface area (Å²) in [7, 11) is 0. The molecule has 8 atom stereocenters. The number of aliphatic carboxylic acids is 1. The van der Waals surface area contributed by atoms with E-state index in [9.17, 15) is 23.9 Å². The number of allylic oxidation sites excluding steroid dienone is 2. The van der Waals surface area contributed by atoms with Crippen LogP contribution in [0.2, 0.25) is 0 Å². The number of ether oxygens (including phenoxy) is 1. The minimum absolute atomic E-state index is 0.0173. The molecule has 9 heteroatoms. The number of halogens is 1. The third kappa shape index (κ3) is 5.67. The van der Waals surface area contributed by atoms with Gasteiger partial charge in [0.15, 0.2) is 5.78 Å². The van der Waals surface area contributed by atoms with E-state index in [-0.39, 0.29) is 68.7 Å². The molecule has 4 fully saturated rings. The van der Waals surface area contributed by atoms with Crippen molar-refractivity contribution in [1.29, 1.82) is 0 Å². The maximum Gasteiger partial charge on any atom is 0.309 e. The summed E-state index contributed by atoms with van der Waals surface area (Å²) in [4.78, 5) is 38.9. The van der Waals surface area contributed by atoms with Crippen LogP contribution in [0.25, 0.3) is 11.5 Å². The topological polar surface area (TPSA) is 120 Å². The van der Waals surface area contributed by atoms with Gasteiger partial charge in [-0.05, 0) is 123 Å². The largest absolute Gasteiger partial charge is 0.481 e. The monoisotopic (exact) mass is 730 g/mol. The van der Waals surface area contributed by atoms with Crippen molar-refractivity contribution < 1.29 is 33.0 Å².